The van der Waals surface area contributed by atoms with Crippen LogP contribution >= 0.6 is 11.6 Å². The molecule has 1 heterocycles. The summed E-state index contributed by atoms with van der Waals surface area (Å²) in [7, 11) is 0. The van der Waals surface area contributed by atoms with Crippen LogP contribution in [0.5, 0.6) is 11.5 Å². The number of hydrogen-bond acceptors (Lipinski definition) is 5. The number of hydrogen-bond donors (Lipinski definition) is 1. The second kappa shape index (κ2) is 7.04. The van der Waals surface area contributed by atoms with Crippen molar-refractivity contribution < 1.29 is 37.7 Å². The number of carbonyl (C=O) groups is 1. The molecule has 2 aromatic carbocycles. The fraction of sp³-hybridized carbons (Fsp3) is 0.118. The molecule has 3 rings (SSSR count). The molecule has 0 spiro atoms. The summed E-state index contributed by atoms with van der Waals surface area (Å²) in [6.07, 6.45) is -6.76. The van der Waals surface area contributed by atoms with E-state index < -0.39 is 28.9 Å². The topological polar surface area (TPSA) is 98.9 Å². The van der Waals surface area contributed by atoms with Crippen molar-refractivity contribution in [3.05, 3.63) is 62.7 Å². The average molecular weight is 416 g/mol. The van der Waals surface area contributed by atoms with Gasteiger partial charge in [0.1, 0.15) is 11.5 Å². The van der Waals surface area contributed by atoms with Gasteiger partial charge in [0.05, 0.1) is 10.6 Å². The maximum absolute atomic E-state index is 13.1. The first kappa shape index (κ1) is 19.5. The molecule has 11 heteroatoms. The van der Waals surface area contributed by atoms with Crippen LogP contribution in [0.1, 0.15) is 5.56 Å². The van der Waals surface area contributed by atoms with Gasteiger partial charge < -0.3 is 9.84 Å². The number of nitrogens with zero attached hydrogens (tertiary/aromatic N) is 1. The van der Waals surface area contributed by atoms with Gasteiger partial charge in [-0.05, 0) is 41.5 Å². The Kier molecular flexibility index (Phi) is 4.90. The van der Waals surface area contributed by atoms with Gasteiger partial charge in [0.2, 0.25) is 6.10 Å². The Balaban J connectivity index is 2.09. The zero-order chi connectivity index (χ0) is 20.6. The van der Waals surface area contributed by atoms with E-state index >= 15 is 0 Å². The number of carboxylic acid groups (broad SMARTS) is 1. The van der Waals surface area contributed by atoms with E-state index in [2.05, 4.69) is 4.84 Å². The third kappa shape index (κ3) is 3.86. The maximum atomic E-state index is 13.1. The lowest BCUT2D eigenvalue weighted by atomic mass is 9.97. The molecule has 0 fully saturated rings. The van der Waals surface area contributed by atoms with Gasteiger partial charge in [-0.25, -0.2) is 4.79 Å². The Bertz CT molecular complexity index is 1000. The van der Waals surface area contributed by atoms with Crippen LogP contribution in [0, 0.1) is 10.1 Å². The minimum Gasteiger partial charge on any atom is -0.478 e. The minimum atomic E-state index is -4.95. The molecule has 0 radical (unpaired) electrons. The Morgan fingerprint density at radius 1 is 1.25 bits per heavy atom. The summed E-state index contributed by atoms with van der Waals surface area (Å²) in [6, 6.07) is 8.36. The summed E-state index contributed by atoms with van der Waals surface area (Å²) in [6.45, 7) is 0. The van der Waals surface area contributed by atoms with Crippen molar-refractivity contribution in [2.24, 2.45) is 0 Å². The van der Waals surface area contributed by atoms with E-state index in [9.17, 15) is 28.1 Å². The monoisotopic (exact) mass is 415 g/mol. The number of benzene rings is 2. The molecule has 0 saturated carbocycles. The van der Waals surface area contributed by atoms with Gasteiger partial charge in [-0.3, -0.25) is 4.84 Å². The third-order valence-corrected chi connectivity index (χ3v) is 4.07. The number of carboxylic acids is 1. The van der Waals surface area contributed by atoms with Crippen LogP contribution in [0.15, 0.2) is 42.0 Å². The second-order valence-corrected chi connectivity index (χ2v) is 6.07. The van der Waals surface area contributed by atoms with Gasteiger partial charge in [-0.2, -0.15) is 13.2 Å². The molecule has 0 bridgehead atoms. The zero-order valence-electron chi connectivity index (χ0n) is 13.6. The maximum Gasteiger partial charge on any atom is 0.430 e. The molecule has 0 aliphatic carbocycles. The van der Waals surface area contributed by atoms with Crippen LogP contribution in [-0.2, 0) is 4.79 Å². The summed E-state index contributed by atoms with van der Waals surface area (Å²) in [4.78, 5) is 26.1. The first-order valence-electron chi connectivity index (χ1n) is 7.51. The predicted octanol–water partition coefficient (Wildman–Crippen LogP) is 4.37. The van der Waals surface area contributed by atoms with E-state index in [1.54, 1.807) is 6.07 Å². The largest absolute Gasteiger partial charge is 0.478 e. The Morgan fingerprint density at radius 3 is 2.57 bits per heavy atom. The van der Waals surface area contributed by atoms with Crippen molar-refractivity contribution in [3.63, 3.8) is 0 Å². The zero-order valence-corrected chi connectivity index (χ0v) is 14.3. The van der Waals surface area contributed by atoms with Gasteiger partial charge in [0, 0.05) is 5.56 Å². The van der Waals surface area contributed by atoms with E-state index in [-0.39, 0.29) is 22.1 Å². The van der Waals surface area contributed by atoms with Crippen molar-refractivity contribution in [1.29, 1.82) is 0 Å². The molecule has 2 aromatic rings. The van der Waals surface area contributed by atoms with Gasteiger partial charge in [0.15, 0.2) is 0 Å². The van der Waals surface area contributed by atoms with Crippen LogP contribution in [-0.4, -0.2) is 28.4 Å². The molecule has 7 nitrogen and oxygen atoms in total. The average Bonchev–Trinajstić information content (AvgIpc) is 2.59. The molecule has 1 unspecified atom stereocenters. The van der Waals surface area contributed by atoms with Gasteiger partial charge in [-0.15, -0.1) is 10.1 Å². The molecule has 1 atom stereocenters. The van der Waals surface area contributed by atoms with Crippen molar-refractivity contribution in [1.82, 2.24) is 0 Å². The number of fused-ring (bicyclic) bond motifs is 1. The van der Waals surface area contributed by atoms with Crippen molar-refractivity contribution >= 4 is 23.6 Å². The normalized spacial score (nSPS) is 15.9. The summed E-state index contributed by atoms with van der Waals surface area (Å²) < 4.78 is 44.2. The van der Waals surface area contributed by atoms with Crippen LogP contribution in [0.2, 0.25) is 5.02 Å². The number of aliphatic carboxylic acids is 1. The molecule has 0 saturated heterocycles. The Morgan fingerprint density at radius 2 is 1.96 bits per heavy atom. The molecule has 0 amide bonds. The highest BCUT2D eigenvalue weighted by molar-refractivity contribution is 6.32. The van der Waals surface area contributed by atoms with E-state index in [0.29, 0.717) is 11.1 Å². The SMILES string of the molecule is O=C(O)C1=Cc2cc(-c3cccc(O[N+](=O)[O-])c3)cc(Cl)c2OC1C(F)(F)F. The second-order valence-electron chi connectivity index (χ2n) is 5.66. The van der Waals surface area contributed by atoms with Crippen molar-refractivity contribution in [3.8, 4) is 22.6 Å². The summed E-state index contributed by atoms with van der Waals surface area (Å²) in [5, 5.41) is 18.4. The first-order chi connectivity index (χ1) is 13.1. The standard InChI is InChI=1S/C17H9ClF3NO6/c18-13-7-9(8-2-1-3-11(5-8)28-22(25)26)4-10-6-12(16(23)24)15(17(19,20)21)27-14(10)13/h1-7,15H,(H,23,24). The highest BCUT2D eigenvalue weighted by Gasteiger charge is 2.48. The van der Waals surface area contributed by atoms with Gasteiger partial charge >= 0.3 is 12.1 Å². The van der Waals surface area contributed by atoms with Crippen LogP contribution in [0.25, 0.3) is 17.2 Å². The Labute approximate surface area is 159 Å². The van der Waals surface area contributed by atoms with E-state index in [1.807, 2.05) is 0 Å². The molecule has 1 aliphatic rings. The first-order valence-corrected chi connectivity index (χ1v) is 7.88. The molecule has 0 aromatic heterocycles. The third-order valence-electron chi connectivity index (χ3n) is 3.79. The quantitative estimate of drug-likeness (QED) is 0.588. The Hall–Kier alpha value is -3.27. The fourth-order valence-corrected chi connectivity index (χ4v) is 2.94. The highest BCUT2D eigenvalue weighted by atomic mass is 35.5. The molecular weight excluding hydrogens is 407 g/mol. The van der Waals surface area contributed by atoms with Gasteiger partial charge in [-0.1, -0.05) is 23.7 Å². The van der Waals surface area contributed by atoms with E-state index in [0.717, 1.165) is 6.08 Å². The summed E-state index contributed by atoms with van der Waals surface area (Å²) >= 11 is 6.06. The predicted molar refractivity (Wildman–Crippen MR) is 90.6 cm³/mol. The molecular formula is C17H9ClF3NO6. The van der Waals surface area contributed by atoms with E-state index in [1.165, 1.54) is 30.3 Å². The van der Waals surface area contributed by atoms with Crippen LogP contribution in [0.3, 0.4) is 0 Å². The lowest BCUT2D eigenvalue weighted by molar-refractivity contribution is -0.711. The number of rotatable bonds is 4. The van der Waals surface area contributed by atoms with Crippen molar-refractivity contribution in [2.75, 3.05) is 0 Å². The molecule has 1 aliphatic heterocycles. The number of halogens is 4. The van der Waals surface area contributed by atoms with E-state index in [4.69, 9.17) is 21.4 Å². The number of ether oxygens (including phenoxy) is 1. The van der Waals surface area contributed by atoms with Crippen LogP contribution < -0.4 is 9.57 Å². The van der Waals surface area contributed by atoms with Gasteiger partial charge in [0.25, 0.3) is 5.09 Å². The molecule has 146 valence electrons. The highest BCUT2D eigenvalue weighted by Crippen LogP contribution is 2.43. The molecule has 1 N–H and O–H groups in total. The smallest absolute Gasteiger partial charge is 0.430 e. The lowest BCUT2D eigenvalue weighted by Gasteiger charge is -2.28. The fourth-order valence-electron chi connectivity index (χ4n) is 2.67. The van der Waals surface area contributed by atoms with Crippen LogP contribution in [0.4, 0.5) is 13.2 Å². The summed E-state index contributed by atoms with van der Waals surface area (Å²) in [5.41, 5.74) is -0.181. The van der Waals surface area contributed by atoms with Crippen molar-refractivity contribution in [2.45, 2.75) is 12.3 Å². The molecule has 28 heavy (non-hydrogen) atoms. The number of alkyl halides is 3. The lowest BCUT2D eigenvalue weighted by Crippen LogP contribution is -2.40. The minimum absolute atomic E-state index is 0.0287. The summed E-state index contributed by atoms with van der Waals surface area (Å²) in [5.74, 6) is -2.17.